The summed E-state index contributed by atoms with van der Waals surface area (Å²) >= 11 is 0. The summed E-state index contributed by atoms with van der Waals surface area (Å²) in [7, 11) is 2.90. The Kier molecular flexibility index (Phi) is 7.02. The van der Waals surface area contributed by atoms with E-state index in [1.54, 1.807) is 12.1 Å². The summed E-state index contributed by atoms with van der Waals surface area (Å²) in [6.07, 6.45) is -0.267. The van der Waals surface area contributed by atoms with Crippen LogP contribution in [-0.2, 0) is 14.3 Å². The fourth-order valence-electron chi connectivity index (χ4n) is 3.29. The van der Waals surface area contributed by atoms with Gasteiger partial charge in [0.15, 0.2) is 17.6 Å². The van der Waals surface area contributed by atoms with Gasteiger partial charge in [0, 0.05) is 23.7 Å². The molecule has 1 aliphatic carbocycles. The number of rotatable bonds is 8. The lowest BCUT2D eigenvalue weighted by Gasteiger charge is -2.18. The van der Waals surface area contributed by atoms with Crippen LogP contribution in [0.25, 0.3) is 0 Å². The molecule has 1 aliphatic rings. The molecule has 0 bridgehead atoms. The van der Waals surface area contributed by atoms with Crippen LogP contribution < -0.4 is 20.1 Å². The normalized spacial score (nSPS) is 17.7. The molecule has 2 amide bonds. The Morgan fingerprint density at radius 3 is 2.22 bits per heavy atom. The van der Waals surface area contributed by atoms with Gasteiger partial charge in [0.2, 0.25) is 5.91 Å². The molecule has 3 atom stereocenters. The van der Waals surface area contributed by atoms with Gasteiger partial charge in [0.05, 0.1) is 25.5 Å². The van der Waals surface area contributed by atoms with Crippen molar-refractivity contribution in [3.8, 4) is 11.5 Å². The van der Waals surface area contributed by atoms with Crippen molar-refractivity contribution in [2.24, 2.45) is 11.8 Å². The first-order chi connectivity index (χ1) is 15.2. The average Bonchev–Trinajstić information content (AvgIpc) is 3.51. The Hall–Kier alpha value is -3.55. The Morgan fingerprint density at radius 1 is 1.00 bits per heavy atom. The van der Waals surface area contributed by atoms with Crippen LogP contribution in [-0.4, -0.2) is 38.1 Å². The molecule has 0 spiro atoms. The van der Waals surface area contributed by atoms with Gasteiger partial charge in [0.25, 0.3) is 5.91 Å². The largest absolute Gasteiger partial charge is 0.493 e. The number of hydrogen-bond donors (Lipinski definition) is 2. The summed E-state index contributed by atoms with van der Waals surface area (Å²) in [4.78, 5) is 38.0. The molecule has 8 nitrogen and oxygen atoms in total. The summed E-state index contributed by atoms with van der Waals surface area (Å²) in [5.41, 5.74) is 1.83. The maximum atomic E-state index is 12.9. The second-order valence-electron chi connectivity index (χ2n) is 7.91. The molecule has 1 saturated carbocycles. The number of benzene rings is 2. The molecule has 170 valence electrons. The Morgan fingerprint density at radius 2 is 1.62 bits per heavy atom. The number of anilines is 2. The van der Waals surface area contributed by atoms with Crippen LogP contribution in [0.4, 0.5) is 11.4 Å². The highest BCUT2D eigenvalue weighted by Gasteiger charge is 2.39. The predicted octanol–water partition coefficient (Wildman–Crippen LogP) is 3.79. The summed E-state index contributed by atoms with van der Waals surface area (Å²) in [5, 5.41) is 5.54. The maximum Gasteiger partial charge on any atom is 0.341 e. The molecule has 0 saturated heterocycles. The molecular formula is C24H28N2O6. The maximum absolute atomic E-state index is 12.9. The molecule has 3 rings (SSSR count). The van der Waals surface area contributed by atoms with Gasteiger partial charge in [0.1, 0.15) is 0 Å². The van der Waals surface area contributed by atoms with Crippen molar-refractivity contribution < 1.29 is 28.6 Å². The highest BCUT2D eigenvalue weighted by Crippen LogP contribution is 2.40. The number of carbonyl (C=O) groups excluding carboxylic acids is 3. The molecule has 1 fully saturated rings. The fourth-order valence-corrected chi connectivity index (χ4v) is 3.29. The Balaban J connectivity index is 1.79. The zero-order chi connectivity index (χ0) is 23.4. The van der Waals surface area contributed by atoms with E-state index in [0.29, 0.717) is 23.1 Å². The number of nitrogens with one attached hydrogen (secondary N) is 2. The van der Waals surface area contributed by atoms with Gasteiger partial charge < -0.3 is 24.8 Å². The Bertz CT molecular complexity index is 1040. The number of aryl methyl sites for hydroxylation is 1. The third kappa shape index (κ3) is 5.19. The van der Waals surface area contributed by atoms with E-state index in [1.807, 2.05) is 26.0 Å². The van der Waals surface area contributed by atoms with Crippen LogP contribution in [0.1, 0.15) is 36.2 Å². The Labute approximate surface area is 187 Å². The summed E-state index contributed by atoms with van der Waals surface area (Å²) in [6, 6.07) is 10.2. The first-order valence-corrected chi connectivity index (χ1v) is 10.4. The number of para-hydroxylation sites is 1. The summed E-state index contributed by atoms with van der Waals surface area (Å²) in [5.74, 6) is -0.545. The van der Waals surface area contributed by atoms with Gasteiger partial charge >= 0.3 is 5.97 Å². The fraction of sp³-hybridized carbons (Fsp3) is 0.375. The molecule has 0 heterocycles. The molecule has 0 radical (unpaired) electrons. The van der Waals surface area contributed by atoms with E-state index in [9.17, 15) is 14.4 Å². The number of carbonyl (C=O) groups is 3. The lowest BCUT2D eigenvalue weighted by molar-refractivity contribution is -0.123. The van der Waals surface area contributed by atoms with Gasteiger partial charge in [-0.15, -0.1) is 0 Å². The van der Waals surface area contributed by atoms with Crippen molar-refractivity contribution >= 4 is 29.2 Å². The van der Waals surface area contributed by atoms with E-state index >= 15 is 0 Å². The van der Waals surface area contributed by atoms with Crippen LogP contribution in [0.5, 0.6) is 11.5 Å². The van der Waals surface area contributed by atoms with E-state index < -0.39 is 18.0 Å². The number of amides is 2. The average molecular weight is 440 g/mol. The molecule has 2 N–H and O–H groups in total. The second-order valence-corrected chi connectivity index (χ2v) is 7.91. The first-order valence-electron chi connectivity index (χ1n) is 10.4. The van der Waals surface area contributed by atoms with E-state index in [4.69, 9.17) is 14.2 Å². The quantitative estimate of drug-likeness (QED) is 0.606. The van der Waals surface area contributed by atoms with Crippen LogP contribution in [0.3, 0.4) is 0 Å². The van der Waals surface area contributed by atoms with Crippen molar-refractivity contribution in [1.82, 2.24) is 0 Å². The number of ether oxygens (including phenoxy) is 3. The molecule has 8 heteroatoms. The lowest BCUT2D eigenvalue weighted by atomic mass is 10.1. The molecule has 32 heavy (non-hydrogen) atoms. The van der Waals surface area contributed by atoms with Crippen molar-refractivity contribution in [2.45, 2.75) is 33.3 Å². The minimum absolute atomic E-state index is 0.0693. The van der Waals surface area contributed by atoms with E-state index in [0.717, 1.165) is 12.0 Å². The molecular weight excluding hydrogens is 412 g/mol. The number of hydrogen-bond acceptors (Lipinski definition) is 6. The van der Waals surface area contributed by atoms with Gasteiger partial charge in [-0.3, -0.25) is 9.59 Å². The third-order valence-corrected chi connectivity index (χ3v) is 5.50. The highest BCUT2D eigenvalue weighted by molar-refractivity contribution is 6.04. The van der Waals surface area contributed by atoms with Crippen molar-refractivity contribution in [3.05, 3.63) is 47.5 Å². The molecule has 3 unspecified atom stereocenters. The molecule has 0 aromatic heterocycles. The second kappa shape index (κ2) is 9.72. The highest BCUT2D eigenvalue weighted by atomic mass is 16.5. The lowest BCUT2D eigenvalue weighted by Crippen LogP contribution is -2.30. The van der Waals surface area contributed by atoms with Gasteiger partial charge in [-0.25, -0.2) is 4.79 Å². The van der Waals surface area contributed by atoms with Crippen LogP contribution in [0.2, 0.25) is 0 Å². The topological polar surface area (TPSA) is 103 Å². The van der Waals surface area contributed by atoms with Gasteiger partial charge in [-0.1, -0.05) is 25.1 Å². The number of methoxy groups -OCH3 is 2. The zero-order valence-corrected chi connectivity index (χ0v) is 18.9. The molecule has 0 aliphatic heterocycles. The SMILES string of the molecule is COc1cc(NC(=O)C2CC2C)c(C(=O)OC(C)C(=O)Nc2ccccc2C)cc1OC. The van der Waals surface area contributed by atoms with Crippen molar-refractivity contribution in [1.29, 1.82) is 0 Å². The standard InChI is InChI=1S/C24H28N2O6/c1-13-8-6-7-9-18(13)25-22(27)15(3)32-24(29)17-11-20(30-4)21(31-5)12-19(17)26-23(28)16-10-14(16)2/h6-9,11-12,14-16H,10H2,1-5H3,(H,25,27)(H,26,28). The zero-order valence-electron chi connectivity index (χ0n) is 18.9. The molecule has 2 aromatic rings. The van der Waals surface area contributed by atoms with Crippen LogP contribution in [0.15, 0.2) is 36.4 Å². The minimum atomic E-state index is -1.07. The summed E-state index contributed by atoms with van der Waals surface area (Å²) in [6.45, 7) is 5.34. The molecule has 2 aromatic carbocycles. The van der Waals surface area contributed by atoms with Gasteiger partial charge in [-0.05, 0) is 37.8 Å². The smallest absolute Gasteiger partial charge is 0.341 e. The van der Waals surface area contributed by atoms with E-state index in [-0.39, 0.29) is 23.1 Å². The van der Waals surface area contributed by atoms with Crippen molar-refractivity contribution in [3.63, 3.8) is 0 Å². The first kappa shape index (κ1) is 23.1. The van der Waals surface area contributed by atoms with E-state index in [2.05, 4.69) is 10.6 Å². The number of esters is 1. The third-order valence-electron chi connectivity index (χ3n) is 5.50. The predicted molar refractivity (Wildman–Crippen MR) is 120 cm³/mol. The van der Waals surface area contributed by atoms with E-state index in [1.165, 1.54) is 33.3 Å². The van der Waals surface area contributed by atoms with Gasteiger partial charge in [-0.2, -0.15) is 0 Å². The van der Waals surface area contributed by atoms with Crippen molar-refractivity contribution in [2.75, 3.05) is 24.9 Å². The van der Waals surface area contributed by atoms with Crippen LogP contribution in [0, 0.1) is 18.8 Å². The van der Waals surface area contributed by atoms with Crippen LogP contribution >= 0.6 is 0 Å². The minimum Gasteiger partial charge on any atom is -0.493 e. The summed E-state index contributed by atoms with van der Waals surface area (Å²) < 4.78 is 16.0. The monoisotopic (exact) mass is 440 g/mol.